The number of halogens is 1. The summed E-state index contributed by atoms with van der Waals surface area (Å²) in [6.07, 6.45) is 0. The zero-order valence-corrected chi connectivity index (χ0v) is 9.37. The second-order valence-electron chi connectivity index (χ2n) is 3.09. The summed E-state index contributed by atoms with van der Waals surface area (Å²) in [6, 6.07) is 2.26. The summed E-state index contributed by atoms with van der Waals surface area (Å²) in [7, 11) is 2.80. The molecule has 1 aromatic carbocycles. The van der Waals surface area contributed by atoms with Gasteiger partial charge < -0.3 is 14.2 Å². The second kappa shape index (κ2) is 5.46. The fourth-order valence-corrected chi connectivity index (χ4v) is 1.30. The Morgan fingerprint density at radius 3 is 2.44 bits per heavy atom. The van der Waals surface area contributed by atoms with Gasteiger partial charge in [-0.15, -0.1) is 0 Å². The Balaban J connectivity index is 3.21. The Kier molecular flexibility index (Phi) is 4.25. The van der Waals surface area contributed by atoms with Crippen LogP contribution in [0.3, 0.4) is 0 Å². The minimum Gasteiger partial charge on any atom is -0.496 e. The van der Waals surface area contributed by atoms with Crippen LogP contribution in [0, 0.1) is 5.82 Å². The highest BCUT2D eigenvalue weighted by Crippen LogP contribution is 2.30. The lowest BCUT2D eigenvalue weighted by molar-refractivity contribution is 0.0499. The van der Waals surface area contributed by atoms with Gasteiger partial charge in [0.1, 0.15) is 22.9 Å². The summed E-state index contributed by atoms with van der Waals surface area (Å²) >= 11 is 0. The van der Waals surface area contributed by atoms with Crippen molar-refractivity contribution in [2.75, 3.05) is 21.0 Å². The molecule has 0 aliphatic rings. The van der Waals surface area contributed by atoms with Gasteiger partial charge in [-0.25, -0.2) is 4.39 Å². The van der Waals surface area contributed by atoms with Crippen molar-refractivity contribution in [3.63, 3.8) is 0 Å². The van der Waals surface area contributed by atoms with Crippen LogP contribution in [0.15, 0.2) is 12.1 Å². The predicted octanol–water partition coefficient (Wildman–Crippen LogP) is 2.02. The first kappa shape index (κ1) is 12.4. The molecule has 0 aliphatic heterocycles. The number of ketones is 1. The molecule has 0 atom stereocenters. The number of rotatable bonds is 5. The molecule has 0 amide bonds. The van der Waals surface area contributed by atoms with E-state index in [2.05, 4.69) is 0 Å². The lowest BCUT2D eigenvalue weighted by atomic mass is 10.1. The number of ether oxygens (including phenoxy) is 3. The van der Waals surface area contributed by atoms with E-state index in [0.29, 0.717) is 0 Å². The van der Waals surface area contributed by atoms with E-state index in [1.807, 2.05) is 0 Å². The predicted molar refractivity (Wildman–Crippen MR) is 55.5 cm³/mol. The van der Waals surface area contributed by atoms with Crippen molar-refractivity contribution in [1.29, 1.82) is 0 Å². The zero-order chi connectivity index (χ0) is 12.1. The topological polar surface area (TPSA) is 44.8 Å². The molecule has 1 rings (SSSR count). The van der Waals surface area contributed by atoms with E-state index < -0.39 is 5.82 Å². The lowest BCUT2D eigenvalue weighted by Gasteiger charge is -2.12. The molecule has 0 fully saturated rings. The van der Waals surface area contributed by atoms with E-state index in [1.165, 1.54) is 21.1 Å². The molecule has 0 saturated carbocycles. The van der Waals surface area contributed by atoms with Gasteiger partial charge in [0.25, 0.3) is 0 Å². The molecule has 0 saturated heterocycles. The molecule has 1 aromatic rings. The molecule has 0 spiro atoms. The molecule has 0 aromatic heterocycles. The van der Waals surface area contributed by atoms with Crippen molar-refractivity contribution < 1.29 is 23.4 Å². The van der Waals surface area contributed by atoms with E-state index in [1.54, 1.807) is 0 Å². The molecule has 16 heavy (non-hydrogen) atoms. The quantitative estimate of drug-likeness (QED) is 0.571. The third kappa shape index (κ3) is 2.70. The van der Waals surface area contributed by atoms with Crippen molar-refractivity contribution in [2.45, 2.75) is 6.92 Å². The molecule has 4 nitrogen and oxygen atoms in total. The van der Waals surface area contributed by atoms with Gasteiger partial charge in [0, 0.05) is 19.2 Å². The average Bonchev–Trinajstić information content (AvgIpc) is 2.24. The number of carbonyl (C=O) groups is 1. The maximum absolute atomic E-state index is 13.2. The number of benzene rings is 1. The van der Waals surface area contributed by atoms with Gasteiger partial charge in [-0.1, -0.05) is 0 Å². The van der Waals surface area contributed by atoms with Crippen LogP contribution < -0.4 is 9.47 Å². The lowest BCUT2D eigenvalue weighted by Crippen LogP contribution is -2.06. The first-order valence-corrected chi connectivity index (χ1v) is 4.60. The maximum atomic E-state index is 13.2. The number of carbonyl (C=O) groups excluding carboxylic acids is 1. The standard InChI is InChI=1S/C11H13FO4/c1-7(13)11-9(15-3)4-8(12)5-10(11)16-6-14-2/h4-5H,6H2,1-3H3. The van der Waals surface area contributed by atoms with Crippen LogP contribution in [-0.2, 0) is 4.74 Å². The first-order valence-electron chi connectivity index (χ1n) is 4.60. The van der Waals surface area contributed by atoms with E-state index in [0.717, 1.165) is 12.1 Å². The molecule has 0 aliphatic carbocycles. The van der Waals surface area contributed by atoms with Crippen LogP contribution in [0.25, 0.3) is 0 Å². The molecule has 0 unspecified atom stereocenters. The Labute approximate surface area is 92.9 Å². The van der Waals surface area contributed by atoms with Gasteiger partial charge in [0.15, 0.2) is 12.6 Å². The third-order valence-electron chi connectivity index (χ3n) is 1.94. The summed E-state index contributed by atoms with van der Waals surface area (Å²) in [4.78, 5) is 11.4. The molecular formula is C11H13FO4. The molecule has 0 heterocycles. The average molecular weight is 228 g/mol. The minimum atomic E-state index is -0.534. The van der Waals surface area contributed by atoms with Gasteiger partial charge >= 0.3 is 0 Å². The van der Waals surface area contributed by atoms with Crippen molar-refractivity contribution in [3.8, 4) is 11.5 Å². The Hall–Kier alpha value is -1.62. The Morgan fingerprint density at radius 1 is 1.31 bits per heavy atom. The van der Waals surface area contributed by atoms with Crippen LogP contribution >= 0.6 is 0 Å². The highest BCUT2D eigenvalue weighted by atomic mass is 19.1. The molecule has 0 bridgehead atoms. The van der Waals surface area contributed by atoms with Crippen molar-refractivity contribution in [1.82, 2.24) is 0 Å². The van der Waals surface area contributed by atoms with Crippen LogP contribution in [0.2, 0.25) is 0 Å². The van der Waals surface area contributed by atoms with Gasteiger partial charge in [-0.05, 0) is 6.92 Å². The number of methoxy groups -OCH3 is 2. The van der Waals surface area contributed by atoms with E-state index >= 15 is 0 Å². The van der Waals surface area contributed by atoms with Crippen molar-refractivity contribution >= 4 is 5.78 Å². The second-order valence-corrected chi connectivity index (χ2v) is 3.09. The van der Waals surface area contributed by atoms with Crippen molar-refractivity contribution in [3.05, 3.63) is 23.5 Å². The van der Waals surface area contributed by atoms with Gasteiger partial charge in [-0.3, -0.25) is 4.79 Å². The molecule has 0 radical (unpaired) electrons. The monoisotopic (exact) mass is 228 g/mol. The molecule has 5 heteroatoms. The first-order chi connectivity index (χ1) is 7.60. The summed E-state index contributed by atoms with van der Waals surface area (Å²) in [5, 5.41) is 0. The summed E-state index contributed by atoms with van der Waals surface area (Å²) in [5.41, 5.74) is 0.209. The fraction of sp³-hybridized carbons (Fsp3) is 0.364. The van der Waals surface area contributed by atoms with Crippen LogP contribution in [0.4, 0.5) is 4.39 Å². The van der Waals surface area contributed by atoms with Gasteiger partial charge in [0.05, 0.1) is 7.11 Å². The van der Waals surface area contributed by atoms with E-state index in [9.17, 15) is 9.18 Å². The Bertz CT molecular complexity index is 390. The number of hydrogen-bond acceptors (Lipinski definition) is 4. The summed E-state index contributed by atoms with van der Waals surface area (Å²) < 4.78 is 27.9. The minimum absolute atomic E-state index is 0.0626. The smallest absolute Gasteiger partial charge is 0.188 e. The van der Waals surface area contributed by atoms with Gasteiger partial charge in [-0.2, -0.15) is 0 Å². The summed E-state index contributed by atoms with van der Waals surface area (Å²) in [6.45, 7) is 1.29. The van der Waals surface area contributed by atoms with Crippen LogP contribution in [0.1, 0.15) is 17.3 Å². The largest absolute Gasteiger partial charge is 0.496 e. The zero-order valence-electron chi connectivity index (χ0n) is 9.37. The third-order valence-corrected chi connectivity index (χ3v) is 1.94. The van der Waals surface area contributed by atoms with Crippen LogP contribution in [0.5, 0.6) is 11.5 Å². The highest BCUT2D eigenvalue weighted by Gasteiger charge is 2.17. The number of Topliss-reactive ketones (excluding diaryl/α,β-unsaturated/α-hetero) is 1. The van der Waals surface area contributed by atoms with E-state index in [4.69, 9.17) is 14.2 Å². The molecular weight excluding hydrogens is 215 g/mol. The molecule has 88 valence electrons. The normalized spacial score (nSPS) is 10.0. The van der Waals surface area contributed by atoms with E-state index in [-0.39, 0.29) is 29.6 Å². The number of hydrogen-bond donors (Lipinski definition) is 0. The van der Waals surface area contributed by atoms with Crippen molar-refractivity contribution in [2.24, 2.45) is 0 Å². The van der Waals surface area contributed by atoms with Crippen LogP contribution in [-0.4, -0.2) is 26.8 Å². The maximum Gasteiger partial charge on any atom is 0.188 e. The summed E-state index contributed by atoms with van der Waals surface area (Å²) in [5.74, 6) is -0.527. The SMILES string of the molecule is COCOc1cc(F)cc(OC)c1C(C)=O. The molecule has 0 N–H and O–H groups in total. The van der Waals surface area contributed by atoms with Gasteiger partial charge in [0.2, 0.25) is 0 Å². The fourth-order valence-electron chi connectivity index (χ4n) is 1.30. The Morgan fingerprint density at radius 2 is 1.94 bits per heavy atom. The highest BCUT2D eigenvalue weighted by molar-refractivity contribution is 5.99.